The number of nitrogens with zero attached hydrogens (tertiary/aromatic N) is 1. The highest BCUT2D eigenvalue weighted by Gasteiger charge is 2.17. The number of anilines is 1. The zero-order chi connectivity index (χ0) is 13.6. The molecule has 0 radical (unpaired) electrons. The van der Waals surface area contributed by atoms with Gasteiger partial charge in [-0.15, -0.1) is 0 Å². The maximum absolute atomic E-state index is 12.4. The molecule has 0 saturated heterocycles. The zero-order valence-electron chi connectivity index (χ0n) is 9.71. The Labute approximate surface area is 106 Å². The number of H-pyrrole nitrogens is 1. The number of hydrogen-bond acceptors (Lipinski definition) is 4. The van der Waals surface area contributed by atoms with Gasteiger partial charge in [-0.05, 0) is 18.2 Å². The van der Waals surface area contributed by atoms with Gasteiger partial charge in [-0.25, -0.2) is 0 Å². The Morgan fingerprint density at radius 3 is 2.37 bits per heavy atom. The first-order valence-corrected chi connectivity index (χ1v) is 5.57. The molecule has 0 spiro atoms. The van der Waals surface area contributed by atoms with Crippen molar-refractivity contribution in [3.8, 4) is 0 Å². The Morgan fingerprint density at radius 2 is 1.68 bits per heavy atom. The number of aromatic nitrogens is 1. The Kier molecular flexibility index (Phi) is 2.25. The summed E-state index contributed by atoms with van der Waals surface area (Å²) in [5.41, 5.74) is 6.44. The molecule has 3 rings (SSSR count). The van der Waals surface area contributed by atoms with Crippen LogP contribution in [0.15, 0.2) is 41.2 Å². The summed E-state index contributed by atoms with van der Waals surface area (Å²) in [5, 5.41) is 11.3. The van der Waals surface area contributed by atoms with Crippen LogP contribution in [-0.4, -0.2) is 9.91 Å². The molecule has 0 unspecified atom stereocenters. The van der Waals surface area contributed by atoms with Crippen LogP contribution < -0.4 is 11.2 Å². The minimum Gasteiger partial charge on any atom is -0.398 e. The Bertz CT molecular complexity index is 883. The standard InChI is InChI=1S/C13H9N3O3/c14-7-3-1-4-8-11(7)13(17)12-9(15-8)5-2-6-10(12)16(18)19/h1-6H,14H2,(H,15,17). The van der Waals surface area contributed by atoms with Crippen molar-refractivity contribution in [2.45, 2.75) is 0 Å². The van der Waals surface area contributed by atoms with Gasteiger partial charge in [-0.2, -0.15) is 0 Å². The van der Waals surface area contributed by atoms with Crippen LogP contribution in [0.2, 0.25) is 0 Å². The molecule has 0 aliphatic heterocycles. The number of fused-ring (bicyclic) bond motifs is 2. The first kappa shape index (κ1) is 11.2. The molecule has 0 aliphatic rings. The molecule has 6 heteroatoms. The fourth-order valence-electron chi connectivity index (χ4n) is 2.23. The van der Waals surface area contributed by atoms with Gasteiger partial charge in [0.25, 0.3) is 5.69 Å². The number of hydrogen-bond donors (Lipinski definition) is 2. The van der Waals surface area contributed by atoms with Crippen LogP contribution in [0, 0.1) is 10.1 Å². The molecule has 19 heavy (non-hydrogen) atoms. The Hall–Kier alpha value is -2.89. The van der Waals surface area contributed by atoms with Gasteiger partial charge >= 0.3 is 0 Å². The zero-order valence-corrected chi connectivity index (χ0v) is 9.71. The molecule has 0 fully saturated rings. The van der Waals surface area contributed by atoms with E-state index >= 15 is 0 Å². The average Bonchev–Trinajstić information content (AvgIpc) is 2.38. The van der Waals surface area contributed by atoms with Gasteiger partial charge in [-0.3, -0.25) is 14.9 Å². The highest BCUT2D eigenvalue weighted by molar-refractivity contribution is 6.01. The Balaban J connectivity index is 2.64. The maximum atomic E-state index is 12.4. The monoisotopic (exact) mass is 255 g/mol. The quantitative estimate of drug-likeness (QED) is 0.301. The van der Waals surface area contributed by atoms with Crippen molar-refractivity contribution in [2.24, 2.45) is 0 Å². The third kappa shape index (κ3) is 1.54. The number of pyridine rings is 1. The van der Waals surface area contributed by atoms with E-state index in [2.05, 4.69) is 4.98 Å². The number of nitrogens with two attached hydrogens (primary N) is 1. The summed E-state index contributed by atoms with van der Waals surface area (Å²) in [5.74, 6) is 0. The molecule has 3 N–H and O–H groups in total. The van der Waals surface area contributed by atoms with Crippen molar-refractivity contribution >= 4 is 33.2 Å². The van der Waals surface area contributed by atoms with Crippen LogP contribution in [0.1, 0.15) is 0 Å². The second-order valence-electron chi connectivity index (χ2n) is 4.18. The number of nitrogen functional groups attached to an aromatic ring is 1. The summed E-state index contributed by atoms with van der Waals surface area (Å²) < 4.78 is 0. The smallest absolute Gasteiger partial charge is 0.282 e. The molecule has 6 nitrogen and oxygen atoms in total. The van der Waals surface area contributed by atoms with Crippen molar-refractivity contribution in [1.82, 2.24) is 4.98 Å². The summed E-state index contributed by atoms with van der Waals surface area (Å²) in [7, 11) is 0. The summed E-state index contributed by atoms with van der Waals surface area (Å²) in [6.45, 7) is 0. The second-order valence-corrected chi connectivity index (χ2v) is 4.18. The van der Waals surface area contributed by atoms with E-state index in [-0.39, 0.29) is 16.5 Å². The van der Waals surface area contributed by atoms with Crippen molar-refractivity contribution in [2.75, 3.05) is 5.73 Å². The van der Waals surface area contributed by atoms with E-state index in [0.717, 1.165) is 0 Å². The molecular weight excluding hydrogens is 246 g/mol. The molecule has 0 aliphatic carbocycles. The molecule has 0 bridgehead atoms. The topological polar surface area (TPSA) is 102 Å². The molecule has 1 aromatic heterocycles. The van der Waals surface area contributed by atoms with E-state index in [0.29, 0.717) is 16.7 Å². The molecular formula is C13H9N3O3. The summed E-state index contributed by atoms with van der Waals surface area (Å²) in [4.78, 5) is 25.9. The van der Waals surface area contributed by atoms with Crippen LogP contribution in [0.25, 0.3) is 21.8 Å². The largest absolute Gasteiger partial charge is 0.398 e. The molecule has 3 aromatic rings. The van der Waals surface area contributed by atoms with Crippen molar-refractivity contribution in [3.63, 3.8) is 0 Å². The van der Waals surface area contributed by atoms with E-state index in [1.165, 1.54) is 12.1 Å². The van der Waals surface area contributed by atoms with Crippen molar-refractivity contribution < 1.29 is 4.92 Å². The fraction of sp³-hybridized carbons (Fsp3) is 0. The van der Waals surface area contributed by atoms with Crippen LogP contribution in [-0.2, 0) is 0 Å². The highest BCUT2D eigenvalue weighted by atomic mass is 16.6. The number of nitro benzene ring substituents is 1. The number of nitro groups is 1. The molecule has 2 aromatic carbocycles. The first-order valence-electron chi connectivity index (χ1n) is 5.57. The predicted molar refractivity (Wildman–Crippen MR) is 73.1 cm³/mol. The number of aromatic amines is 1. The maximum Gasteiger partial charge on any atom is 0.282 e. The van der Waals surface area contributed by atoms with Crippen molar-refractivity contribution in [1.29, 1.82) is 0 Å². The first-order chi connectivity index (χ1) is 9.09. The lowest BCUT2D eigenvalue weighted by Gasteiger charge is -2.05. The third-order valence-electron chi connectivity index (χ3n) is 3.06. The van der Waals surface area contributed by atoms with E-state index in [1.807, 2.05) is 0 Å². The van der Waals surface area contributed by atoms with Gasteiger partial charge in [0.1, 0.15) is 5.39 Å². The van der Waals surface area contributed by atoms with Gasteiger partial charge in [0.15, 0.2) is 0 Å². The highest BCUT2D eigenvalue weighted by Crippen LogP contribution is 2.25. The number of nitrogens with one attached hydrogen (secondary N) is 1. The van der Waals surface area contributed by atoms with E-state index in [9.17, 15) is 14.9 Å². The molecule has 0 atom stereocenters. The third-order valence-corrected chi connectivity index (χ3v) is 3.06. The van der Waals surface area contributed by atoms with Gasteiger partial charge in [0.05, 0.1) is 21.3 Å². The molecule has 0 amide bonds. The molecule has 94 valence electrons. The van der Waals surface area contributed by atoms with E-state index in [4.69, 9.17) is 5.73 Å². The lowest BCUT2D eigenvalue weighted by atomic mass is 10.1. The van der Waals surface area contributed by atoms with Crippen LogP contribution in [0.4, 0.5) is 11.4 Å². The minimum atomic E-state index is -0.567. The lowest BCUT2D eigenvalue weighted by molar-refractivity contribution is -0.383. The lowest BCUT2D eigenvalue weighted by Crippen LogP contribution is -2.08. The van der Waals surface area contributed by atoms with Gasteiger partial charge < -0.3 is 10.7 Å². The predicted octanol–water partition coefficient (Wildman–Crippen LogP) is 2.17. The molecule has 0 saturated carbocycles. The number of non-ortho nitro benzene ring substituents is 1. The van der Waals surface area contributed by atoms with Crippen LogP contribution in [0.5, 0.6) is 0 Å². The SMILES string of the molecule is Nc1cccc2[nH]c3cccc([N+](=O)[O-])c3c(=O)c12. The number of rotatable bonds is 1. The minimum absolute atomic E-state index is 0.0536. The van der Waals surface area contributed by atoms with E-state index in [1.54, 1.807) is 24.3 Å². The van der Waals surface area contributed by atoms with Crippen LogP contribution in [0.3, 0.4) is 0 Å². The fourth-order valence-corrected chi connectivity index (χ4v) is 2.23. The van der Waals surface area contributed by atoms with Gasteiger partial charge in [-0.1, -0.05) is 12.1 Å². The second kappa shape index (κ2) is 3.81. The summed E-state index contributed by atoms with van der Waals surface area (Å²) in [6.07, 6.45) is 0. The average molecular weight is 255 g/mol. The van der Waals surface area contributed by atoms with E-state index < -0.39 is 10.4 Å². The van der Waals surface area contributed by atoms with Crippen LogP contribution >= 0.6 is 0 Å². The number of benzene rings is 2. The van der Waals surface area contributed by atoms with Gasteiger partial charge in [0.2, 0.25) is 5.43 Å². The van der Waals surface area contributed by atoms with Gasteiger partial charge in [0, 0.05) is 11.8 Å². The van der Waals surface area contributed by atoms with Crippen molar-refractivity contribution in [3.05, 3.63) is 56.7 Å². The molecule has 1 heterocycles. The normalized spacial score (nSPS) is 10.9. The Morgan fingerprint density at radius 1 is 1.05 bits per heavy atom. The summed E-state index contributed by atoms with van der Waals surface area (Å²) >= 11 is 0. The summed E-state index contributed by atoms with van der Waals surface area (Å²) in [6, 6.07) is 9.50.